The minimum absolute atomic E-state index is 0.0583. The summed E-state index contributed by atoms with van der Waals surface area (Å²) in [5.41, 5.74) is 1.41. The largest absolute Gasteiger partial charge is 0.368 e. The third kappa shape index (κ3) is 4.77. The first kappa shape index (κ1) is 20.5. The standard InChI is InChI=1S/C24H31N5OS/c30-24(29-12-10-25-18-29)26-21-6-4-19(5-7-21)8-11-27-13-15-28(16-14-27)22-3-1-2-20-9-17-31-23(20)22/h1-3,9-10,12,17-19,21H,4-8,11,13-16H2,(H,26,30)/t19-,21-. The van der Waals surface area contributed by atoms with Crippen LogP contribution in [0.2, 0.25) is 0 Å². The summed E-state index contributed by atoms with van der Waals surface area (Å²) < 4.78 is 2.94. The van der Waals surface area contributed by atoms with Gasteiger partial charge in [0.05, 0.1) is 10.4 Å². The van der Waals surface area contributed by atoms with Gasteiger partial charge in [0.2, 0.25) is 0 Å². The molecule has 1 amide bonds. The van der Waals surface area contributed by atoms with Gasteiger partial charge in [0.25, 0.3) is 0 Å². The molecule has 2 aliphatic rings. The Morgan fingerprint density at radius 2 is 1.94 bits per heavy atom. The number of benzene rings is 1. The number of anilines is 1. The highest BCUT2D eigenvalue weighted by molar-refractivity contribution is 7.17. The van der Waals surface area contributed by atoms with Crippen LogP contribution < -0.4 is 10.2 Å². The van der Waals surface area contributed by atoms with Gasteiger partial charge in [-0.05, 0) is 67.5 Å². The van der Waals surface area contributed by atoms with Crippen LogP contribution in [-0.4, -0.2) is 59.2 Å². The Balaban J connectivity index is 1.03. The number of aromatic nitrogens is 2. The second kappa shape index (κ2) is 9.40. The molecule has 0 radical (unpaired) electrons. The Bertz CT molecular complexity index is 985. The number of carbonyl (C=O) groups is 1. The Labute approximate surface area is 187 Å². The number of thiophene rings is 1. The Morgan fingerprint density at radius 1 is 1.10 bits per heavy atom. The molecular formula is C24H31N5OS. The van der Waals surface area contributed by atoms with Crippen molar-refractivity contribution in [3.05, 3.63) is 48.4 Å². The lowest BCUT2D eigenvalue weighted by molar-refractivity contribution is 0.206. The van der Waals surface area contributed by atoms with E-state index in [0.717, 1.165) is 44.9 Å². The van der Waals surface area contributed by atoms with Crippen LogP contribution in [0.1, 0.15) is 32.1 Å². The Morgan fingerprint density at radius 3 is 2.71 bits per heavy atom. The molecule has 1 aliphatic heterocycles. The van der Waals surface area contributed by atoms with Gasteiger partial charge in [-0.2, -0.15) is 0 Å². The third-order valence-corrected chi connectivity index (χ3v) is 7.89. The van der Waals surface area contributed by atoms with Crippen molar-refractivity contribution in [2.45, 2.75) is 38.1 Å². The average molecular weight is 438 g/mol. The maximum absolute atomic E-state index is 12.2. The van der Waals surface area contributed by atoms with E-state index in [2.05, 4.69) is 49.7 Å². The normalized spacial score (nSPS) is 22.6. The number of hydrogen-bond acceptors (Lipinski definition) is 5. The molecule has 31 heavy (non-hydrogen) atoms. The van der Waals surface area contributed by atoms with Crippen LogP contribution >= 0.6 is 11.3 Å². The molecule has 0 atom stereocenters. The minimum atomic E-state index is -0.0583. The second-order valence-corrected chi connectivity index (χ2v) is 9.79. The second-order valence-electron chi connectivity index (χ2n) is 8.87. The van der Waals surface area contributed by atoms with E-state index in [0.29, 0.717) is 6.04 Å². The van der Waals surface area contributed by atoms with Crippen LogP contribution in [0, 0.1) is 5.92 Å². The molecule has 3 heterocycles. The van der Waals surface area contributed by atoms with E-state index < -0.39 is 0 Å². The molecule has 6 nitrogen and oxygen atoms in total. The number of fused-ring (bicyclic) bond motifs is 1. The first-order valence-corrected chi connectivity index (χ1v) is 12.4. The highest BCUT2D eigenvalue weighted by Gasteiger charge is 2.24. The molecule has 0 spiro atoms. The van der Waals surface area contributed by atoms with Crippen molar-refractivity contribution in [1.82, 2.24) is 19.8 Å². The maximum Gasteiger partial charge on any atom is 0.327 e. The summed E-state index contributed by atoms with van der Waals surface area (Å²) in [5.74, 6) is 0.791. The highest BCUT2D eigenvalue weighted by atomic mass is 32.1. The van der Waals surface area contributed by atoms with Crippen LogP contribution in [0.15, 0.2) is 48.4 Å². The molecule has 2 fully saturated rings. The summed E-state index contributed by atoms with van der Waals surface area (Å²) in [5, 5.41) is 6.71. The zero-order chi connectivity index (χ0) is 21.0. The number of carbonyl (C=O) groups excluding carboxylic acids is 1. The van der Waals surface area contributed by atoms with Crippen molar-refractivity contribution in [1.29, 1.82) is 0 Å². The third-order valence-electron chi connectivity index (χ3n) is 6.94. The molecule has 164 valence electrons. The summed E-state index contributed by atoms with van der Waals surface area (Å²) in [4.78, 5) is 21.3. The van der Waals surface area contributed by atoms with Crippen molar-refractivity contribution in [2.24, 2.45) is 5.92 Å². The number of hydrogen-bond donors (Lipinski definition) is 1. The average Bonchev–Trinajstić information content (AvgIpc) is 3.51. The van der Waals surface area contributed by atoms with Crippen molar-refractivity contribution >= 4 is 33.1 Å². The number of imidazole rings is 1. The van der Waals surface area contributed by atoms with Crippen molar-refractivity contribution in [3.8, 4) is 0 Å². The van der Waals surface area contributed by atoms with E-state index in [-0.39, 0.29) is 6.03 Å². The summed E-state index contributed by atoms with van der Waals surface area (Å²) in [6.45, 7) is 5.73. The van der Waals surface area contributed by atoms with Gasteiger partial charge in [0, 0.05) is 44.6 Å². The van der Waals surface area contributed by atoms with Gasteiger partial charge in [-0.3, -0.25) is 9.47 Å². The molecule has 1 aromatic carbocycles. The van der Waals surface area contributed by atoms with Gasteiger partial charge in [0.15, 0.2) is 0 Å². The lowest BCUT2D eigenvalue weighted by Gasteiger charge is -2.37. The molecule has 7 heteroatoms. The fourth-order valence-electron chi connectivity index (χ4n) is 5.03. The first-order chi connectivity index (χ1) is 15.3. The van der Waals surface area contributed by atoms with Gasteiger partial charge in [-0.15, -0.1) is 11.3 Å². The quantitative estimate of drug-likeness (QED) is 0.642. The molecule has 2 aromatic heterocycles. The lowest BCUT2D eigenvalue weighted by atomic mass is 9.84. The molecular weight excluding hydrogens is 406 g/mol. The Kier molecular flexibility index (Phi) is 6.22. The van der Waals surface area contributed by atoms with E-state index in [1.807, 2.05) is 11.3 Å². The summed E-state index contributed by atoms with van der Waals surface area (Å²) in [6, 6.07) is 9.14. The molecule has 5 rings (SSSR count). The van der Waals surface area contributed by atoms with Gasteiger partial charge >= 0.3 is 6.03 Å². The van der Waals surface area contributed by atoms with Crippen molar-refractivity contribution in [3.63, 3.8) is 0 Å². The fourth-order valence-corrected chi connectivity index (χ4v) is 5.97. The van der Waals surface area contributed by atoms with Crippen LogP contribution in [0.25, 0.3) is 10.1 Å². The first-order valence-electron chi connectivity index (χ1n) is 11.5. The zero-order valence-electron chi connectivity index (χ0n) is 17.9. The van der Waals surface area contributed by atoms with Crippen LogP contribution in [0.4, 0.5) is 10.5 Å². The smallest absolute Gasteiger partial charge is 0.327 e. The molecule has 1 saturated carbocycles. The van der Waals surface area contributed by atoms with E-state index in [1.54, 1.807) is 18.7 Å². The van der Waals surface area contributed by atoms with Crippen molar-refractivity contribution < 1.29 is 4.79 Å². The zero-order valence-corrected chi connectivity index (χ0v) is 18.8. The summed E-state index contributed by atoms with van der Waals surface area (Å²) in [7, 11) is 0. The number of amides is 1. The van der Waals surface area contributed by atoms with Crippen molar-refractivity contribution in [2.75, 3.05) is 37.6 Å². The topological polar surface area (TPSA) is 53.4 Å². The molecule has 1 N–H and O–H groups in total. The lowest BCUT2D eigenvalue weighted by Crippen LogP contribution is -2.47. The maximum atomic E-state index is 12.2. The number of rotatable bonds is 5. The van der Waals surface area contributed by atoms with E-state index in [9.17, 15) is 4.79 Å². The molecule has 1 aliphatic carbocycles. The fraction of sp³-hybridized carbons (Fsp3) is 0.500. The van der Waals surface area contributed by atoms with Gasteiger partial charge in [-0.25, -0.2) is 9.78 Å². The van der Waals surface area contributed by atoms with Crippen LogP contribution in [0.5, 0.6) is 0 Å². The monoisotopic (exact) mass is 437 g/mol. The minimum Gasteiger partial charge on any atom is -0.368 e. The van der Waals surface area contributed by atoms with E-state index in [4.69, 9.17) is 0 Å². The van der Waals surface area contributed by atoms with Gasteiger partial charge < -0.3 is 10.2 Å². The SMILES string of the molecule is O=C(N[C@H]1CC[C@H](CCN2CCN(c3cccc4ccsc34)CC2)CC1)n1ccnc1. The molecule has 0 unspecified atom stereocenters. The molecule has 1 saturated heterocycles. The van der Waals surface area contributed by atoms with Gasteiger partial charge in [0.1, 0.15) is 6.33 Å². The predicted octanol–water partition coefficient (Wildman–Crippen LogP) is 4.43. The summed E-state index contributed by atoms with van der Waals surface area (Å²) in [6.07, 6.45) is 10.8. The van der Waals surface area contributed by atoms with Gasteiger partial charge in [-0.1, -0.05) is 12.1 Å². The van der Waals surface area contributed by atoms with Crippen LogP contribution in [0.3, 0.4) is 0 Å². The number of nitrogens with zero attached hydrogens (tertiary/aromatic N) is 4. The van der Waals surface area contributed by atoms with E-state index in [1.165, 1.54) is 46.1 Å². The predicted molar refractivity (Wildman–Crippen MR) is 127 cm³/mol. The Hall–Kier alpha value is -2.38. The van der Waals surface area contributed by atoms with E-state index >= 15 is 0 Å². The molecule has 3 aromatic rings. The summed E-state index contributed by atoms with van der Waals surface area (Å²) >= 11 is 1.85. The van der Waals surface area contributed by atoms with Crippen LogP contribution in [-0.2, 0) is 0 Å². The number of nitrogens with one attached hydrogen (secondary N) is 1. The molecule has 0 bridgehead atoms. The highest BCUT2D eigenvalue weighted by Crippen LogP contribution is 2.32. The number of piperazine rings is 1.